The van der Waals surface area contributed by atoms with Crippen LogP contribution < -0.4 is 10.6 Å². The van der Waals surface area contributed by atoms with Gasteiger partial charge in [-0.3, -0.25) is 14.4 Å². The van der Waals surface area contributed by atoms with Gasteiger partial charge >= 0.3 is 0 Å². The highest BCUT2D eigenvalue weighted by Crippen LogP contribution is 2.27. The quantitative estimate of drug-likeness (QED) is 0.688. The molecule has 2 aromatic carbocycles. The van der Waals surface area contributed by atoms with Gasteiger partial charge in [-0.1, -0.05) is 37.0 Å². The second-order valence-electron chi connectivity index (χ2n) is 7.49. The number of likely N-dealkylation sites (tertiary alicyclic amines) is 1. The average Bonchev–Trinajstić information content (AvgIpc) is 3.20. The summed E-state index contributed by atoms with van der Waals surface area (Å²) in [5.74, 6) is -0.778. The minimum Gasteiger partial charge on any atom is -0.327 e. The minimum absolute atomic E-state index is 0.0772. The van der Waals surface area contributed by atoms with Crippen LogP contribution in [0.2, 0.25) is 10.0 Å². The predicted octanol–water partition coefficient (Wildman–Crippen LogP) is 4.83. The molecule has 1 aliphatic heterocycles. The lowest BCUT2D eigenvalue weighted by Crippen LogP contribution is -2.43. The molecule has 30 heavy (non-hydrogen) atoms. The van der Waals surface area contributed by atoms with Crippen molar-refractivity contribution in [2.75, 3.05) is 17.2 Å². The van der Waals surface area contributed by atoms with E-state index in [0.29, 0.717) is 34.4 Å². The number of anilines is 2. The van der Waals surface area contributed by atoms with Crippen molar-refractivity contribution in [3.05, 3.63) is 58.1 Å². The SMILES string of the molecule is CC(C)C(=O)Nc1ccc(NC(=O)C2CCCN2C(=O)c2cc(Cl)ccc2Cl)cc1. The molecule has 1 aliphatic rings. The molecule has 1 atom stereocenters. The highest BCUT2D eigenvalue weighted by Gasteiger charge is 2.35. The molecule has 3 rings (SSSR count). The Morgan fingerprint density at radius 2 is 1.63 bits per heavy atom. The van der Waals surface area contributed by atoms with Crippen LogP contribution in [0.5, 0.6) is 0 Å². The van der Waals surface area contributed by atoms with Gasteiger partial charge in [-0.25, -0.2) is 0 Å². The number of rotatable bonds is 5. The second-order valence-corrected chi connectivity index (χ2v) is 8.33. The first kappa shape index (κ1) is 22.1. The van der Waals surface area contributed by atoms with E-state index in [1.165, 1.54) is 11.0 Å². The summed E-state index contributed by atoms with van der Waals surface area (Å²) in [6, 6.07) is 11.0. The normalized spacial score (nSPS) is 15.9. The number of hydrogen-bond donors (Lipinski definition) is 2. The fraction of sp³-hybridized carbons (Fsp3) is 0.318. The standard InChI is InChI=1S/C22H23Cl2N3O3/c1-13(2)20(28)25-15-6-8-16(9-7-15)26-21(29)19-4-3-11-27(19)22(30)17-12-14(23)5-10-18(17)24/h5-10,12-13,19H,3-4,11H2,1-2H3,(H,25,28)(H,26,29). The van der Waals surface area contributed by atoms with E-state index in [0.717, 1.165) is 6.42 Å². The van der Waals surface area contributed by atoms with Gasteiger partial charge in [0.1, 0.15) is 6.04 Å². The topological polar surface area (TPSA) is 78.5 Å². The van der Waals surface area contributed by atoms with Gasteiger partial charge in [-0.15, -0.1) is 0 Å². The molecule has 1 saturated heterocycles. The Labute approximate surface area is 185 Å². The lowest BCUT2D eigenvalue weighted by atomic mass is 10.1. The number of amides is 3. The summed E-state index contributed by atoms with van der Waals surface area (Å²) in [4.78, 5) is 39.1. The molecule has 1 fully saturated rings. The number of nitrogens with zero attached hydrogens (tertiary/aromatic N) is 1. The van der Waals surface area contributed by atoms with E-state index in [1.54, 1.807) is 36.4 Å². The molecule has 0 radical (unpaired) electrons. The molecule has 2 N–H and O–H groups in total. The smallest absolute Gasteiger partial charge is 0.256 e. The van der Waals surface area contributed by atoms with Crippen LogP contribution >= 0.6 is 23.2 Å². The molecule has 0 aromatic heterocycles. The number of nitrogens with one attached hydrogen (secondary N) is 2. The molecule has 1 heterocycles. The number of carbonyl (C=O) groups is 3. The Morgan fingerprint density at radius 1 is 1.00 bits per heavy atom. The van der Waals surface area contributed by atoms with Crippen LogP contribution in [0.1, 0.15) is 37.0 Å². The van der Waals surface area contributed by atoms with Crippen LogP contribution in [0.15, 0.2) is 42.5 Å². The summed E-state index contributed by atoms with van der Waals surface area (Å²) in [5, 5.41) is 6.35. The molecule has 0 spiro atoms. The maximum atomic E-state index is 13.0. The maximum Gasteiger partial charge on any atom is 0.256 e. The largest absolute Gasteiger partial charge is 0.327 e. The van der Waals surface area contributed by atoms with Crippen molar-refractivity contribution in [3.63, 3.8) is 0 Å². The first-order valence-corrected chi connectivity index (χ1v) is 10.5. The molecule has 158 valence electrons. The molecule has 8 heteroatoms. The third kappa shape index (κ3) is 5.12. The van der Waals surface area contributed by atoms with Crippen molar-refractivity contribution in [2.45, 2.75) is 32.7 Å². The van der Waals surface area contributed by atoms with Crippen LogP contribution in [0.4, 0.5) is 11.4 Å². The molecule has 0 aliphatic carbocycles. The van der Waals surface area contributed by atoms with Gasteiger partial charge in [0.25, 0.3) is 5.91 Å². The Morgan fingerprint density at radius 3 is 2.27 bits per heavy atom. The fourth-order valence-electron chi connectivity index (χ4n) is 3.25. The highest BCUT2D eigenvalue weighted by atomic mass is 35.5. The molecule has 1 unspecified atom stereocenters. The van der Waals surface area contributed by atoms with E-state index in [9.17, 15) is 14.4 Å². The van der Waals surface area contributed by atoms with Crippen molar-refractivity contribution in [1.29, 1.82) is 0 Å². The zero-order valence-corrected chi connectivity index (χ0v) is 18.3. The van der Waals surface area contributed by atoms with E-state index in [4.69, 9.17) is 23.2 Å². The molecule has 6 nitrogen and oxygen atoms in total. The van der Waals surface area contributed by atoms with Gasteiger partial charge in [0.15, 0.2) is 0 Å². The van der Waals surface area contributed by atoms with E-state index in [1.807, 2.05) is 13.8 Å². The summed E-state index contributed by atoms with van der Waals surface area (Å²) >= 11 is 12.2. The minimum atomic E-state index is -0.590. The van der Waals surface area contributed by atoms with Gasteiger partial charge < -0.3 is 15.5 Å². The van der Waals surface area contributed by atoms with Crippen molar-refractivity contribution < 1.29 is 14.4 Å². The number of carbonyl (C=O) groups excluding carboxylic acids is 3. The molecule has 0 saturated carbocycles. The second kappa shape index (κ2) is 9.49. The van der Waals surface area contributed by atoms with Crippen LogP contribution in [-0.4, -0.2) is 35.2 Å². The van der Waals surface area contributed by atoms with Crippen LogP contribution in [0.25, 0.3) is 0 Å². The third-order valence-electron chi connectivity index (χ3n) is 4.92. The Bertz CT molecular complexity index is 961. The van der Waals surface area contributed by atoms with Crippen molar-refractivity contribution in [1.82, 2.24) is 4.90 Å². The molecular formula is C22H23Cl2N3O3. The molecule has 3 amide bonds. The van der Waals surface area contributed by atoms with Crippen LogP contribution in [-0.2, 0) is 9.59 Å². The maximum absolute atomic E-state index is 13.0. The van der Waals surface area contributed by atoms with Crippen molar-refractivity contribution >= 4 is 52.3 Å². The van der Waals surface area contributed by atoms with Crippen LogP contribution in [0.3, 0.4) is 0 Å². The van der Waals surface area contributed by atoms with Gasteiger partial charge in [-0.05, 0) is 55.3 Å². The van der Waals surface area contributed by atoms with E-state index < -0.39 is 6.04 Å². The Balaban J connectivity index is 1.68. The van der Waals surface area contributed by atoms with Gasteiger partial charge in [0.05, 0.1) is 10.6 Å². The molecule has 2 aromatic rings. The lowest BCUT2D eigenvalue weighted by Gasteiger charge is -2.24. The predicted molar refractivity (Wildman–Crippen MR) is 119 cm³/mol. The zero-order chi connectivity index (χ0) is 21.8. The van der Waals surface area contributed by atoms with E-state index >= 15 is 0 Å². The van der Waals surface area contributed by atoms with Crippen molar-refractivity contribution in [3.8, 4) is 0 Å². The monoisotopic (exact) mass is 447 g/mol. The lowest BCUT2D eigenvalue weighted by molar-refractivity contribution is -0.120. The highest BCUT2D eigenvalue weighted by molar-refractivity contribution is 6.35. The summed E-state index contributed by atoms with van der Waals surface area (Å²) in [7, 11) is 0. The average molecular weight is 448 g/mol. The number of hydrogen-bond acceptors (Lipinski definition) is 3. The fourth-order valence-corrected chi connectivity index (χ4v) is 3.62. The van der Waals surface area contributed by atoms with E-state index in [2.05, 4.69) is 10.6 Å². The number of benzene rings is 2. The number of halogens is 2. The van der Waals surface area contributed by atoms with Gasteiger partial charge in [0, 0.05) is 28.9 Å². The third-order valence-corrected chi connectivity index (χ3v) is 5.48. The summed E-state index contributed by atoms with van der Waals surface area (Å²) in [6.45, 7) is 4.10. The Kier molecular flexibility index (Phi) is 7.00. The summed E-state index contributed by atoms with van der Waals surface area (Å²) in [6.07, 6.45) is 1.29. The Hall–Kier alpha value is -2.57. The summed E-state index contributed by atoms with van der Waals surface area (Å²) < 4.78 is 0. The van der Waals surface area contributed by atoms with Gasteiger partial charge in [-0.2, -0.15) is 0 Å². The molecular weight excluding hydrogens is 425 g/mol. The van der Waals surface area contributed by atoms with E-state index in [-0.39, 0.29) is 29.2 Å². The van der Waals surface area contributed by atoms with Crippen molar-refractivity contribution in [2.24, 2.45) is 5.92 Å². The van der Waals surface area contributed by atoms with Gasteiger partial charge in [0.2, 0.25) is 11.8 Å². The first-order valence-electron chi connectivity index (χ1n) is 9.74. The zero-order valence-electron chi connectivity index (χ0n) is 16.7. The summed E-state index contributed by atoms with van der Waals surface area (Å²) in [5.41, 5.74) is 1.52. The first-order chi connectivity index (χ1) is 14.3. The molecule has 0 bridgehead atoms. The van der Waals surface area contributed by atoms with Crippen LogP contribution in [0, 0.1) is 5.92 Å².